The van der Waals surface area contributed by atoms with Crippen LogP contribution in [0, 0.1) is 0 Å². The predicted octanol–water partition coefficient (Wildman–Crippen LogP) is 2.84. The molecular weight excluding hydrogens is 376 g/mol. The molecule has 6 heteroatoms. The summed E-state index contributed by atoms with van der Waals surface area (Å²) in [6.07, 6.45) is 7.24. The molecule has 4 rings (SSSR count). The monoisotopic (exact) mass is 408 g/mol. The van der Waals surface area contributed by atoms with Crippen molar-refractivity contribution < 1.29 is 9.53 Å². The zero-order valence-electron chi connectivity index (χ0n) is 17.9. The van der Waals surface area contributed by atoms with Gasteiger partial charge in [-0.15, -0.1) is 0 Å². The number of aromatic nitrogens is 1. The van der Waals surface area contributed by atoms with E-state index in [-0.39, 0.29) is 5.91 Å². The van der Waals surface area contributed by atoms with Crippen molar-refractivity contribution in [3.8, 4) is 5.75 Å². The summed E-state index contributed by atoms with van der Waals surface area (Å²) >= 11 is 0. The number of carbonyl (C=O) groups is 1. The first kappa shape index (κ1) is 20.7. The summed E-state index contributed by atoms with van der Waals surface area (Å²) < 4.78 is 5.53. The quantitative estimate of drug-likeness (QED) is 0.736. The van der Waals surface area contributed by atoms with Gasteiger partial charge in [-0.3, -0.25) is 14.7 Å². The number of piperazine rings is 1. The summed E-state index contributed by atoms with van der Waals surface area (Å²) in [5.41, 5.74) is 2.36. The van der Waals surface area contributed by atoms with E-state index in [1.54, 1.807) is 19.5 Å². The molecule has 3 heterocycles. The second-order valence-electron chi connectivity index (χ2n) is 8.19. The molecule has 2 aliphatic heterocycles. The Morgan fingerprint density at radius 2 is 1.83 bits per heavy atom. The number of carbonyl (C=O) groups excluding carboxylic acids is 1. The van der Waals surface area contributed by atoms with Crippen molar-refractivity contribution in [3.63, 3.8) is 0 Å². The van der Waals surface area contributed by atoms with Gasteiger partial charge in [0, 0.05) is 64.1 Å². The van der Waals surface area contributed by atoms with E-state index >= 15 is 0 Å². The number of pyridine rings is 1. The molecule has 0 aliphatic carbocycles. The van der Waals surface area contributed by atoms with Gasteiger partial charge in [-0.2, -0.15) is 0 Å². The third-order valence-electron chi connectivity index (χ3n) is 6.38. The van der Waals surface area contributed by atoms with Gasteiger partial charge in [0.2, 0.25) is 5.91 Å². The number of ether oxygens (including phenoxy) is 1. The molecule has 1 atom stereocenters. The van der Waals surface area contributed by atoms with E-state index in [4.69, 9.17) is 4.74 Å². The van der Waals surface area contributed by atoms with E-state index in [2.05, 4.69) is 31.8 Å². The van der Waals surface area contributed by atoms with Crippen LogP contribution in [0.1, 0.15) is 24.8 Å². The minimum atomic E-state index is 0.282. The number of piperidine rings is 1. The van der Waals surface area contributed by atoms with Crippen molar-refractivity contribution >= 4 is 11.6 Å². The number of amides is 1. The van der Waals surface area contributed by atoms with Gasteiger partial charge in [-0.05, 0) is 49.1 Å². The van der Waals surface area contributed by atoms with Crippen LogP contribution >= 0.6 is 0 Å². The summed E-state index contributed by atoms with van der Waals surface area (Å²) in [6, 6.07) is 12.7. The van der Waals surface area contributed by atoms with Crippen LogP contribution in [0.15, 0.2) is 48.8 Å². The Bertz CT molecular complexity index is 821. The van der Waals surface area contributed by atoms with Crippen molar-refractivity contribution in [2.24, 2.45) is 0 Å². The number of benzene rings is 1. The first-order chi connectivity index (χ1) is 14.7. The summed E-state index contributed by atoms with van der Waals surface area (Å²) in [7, 11) is 1.73. The molecule has 30 heavy (non-hydrogen) atoms. The predicted molar refractivity (Wildman–Crippen MR) is 119 cm³/mol. The lowest BCUT2D eigenvalue weighted by atomic mass is 10.0. The van der Waals surface area contributed by atoms with Gasteiger partial charge in [0.05, 0.1) is 12.8 Å². The topological polar surface area (TPSA) is 48.9 Å². The Morgan fingerprint density at radius 1 is 1.07 bits per heavy atom. The summed E-state index contributed by atoms with van der Waals surface area (Å²) in [5, 5.41) is 0. The maximum absolute atomic E-state index is 12.8. The molecule has 1 unspecified atom stereocenters. The maximum atomic E-state index is 12.8. The molecule has 2 aliphatic rings. The van der Waals surface area contributed by atoms with Crippen LogP contribution in [0.5, 0.6) is 5.75 Å². The Balaban J connectivity index is 1.28. The standard InChI is InChI=1S/C24H32N4O2/c1-30-23-7-3-2-6-22(23)27-17-15-26(16-18-27)21-5-4-14-28(19-21)24(29)9-8-20-10-12-25-13-11-20/h2-3,6-7,10-13,21H,4-5,8-9,14-19H2,1H3. The number of nitrogens with zero attached hydrogens (tertiary/aromatic N) is 4. The van der Waals surface area contributed by atoms with E-state index in [9.17, 15) is 4.79 Å². The molecule has 160 valence electrons. The van der Waals surface area contributed by atoms with E-state index in [0.717, 1.165) is 57.9 Å². The lowest BCUT2D eigenvalue weighted by molar-refractivity contribution is -0.133. The number of likely N-dealkylation sites (tertiary alicyclic amines) is 1. The van der Waals surface area contributed by atoms with E-state index in [1.807, 2.05) is 24.3 Å². The normalized spacial score (nSPS) is 20.2. The molecule has 0 saturated carbocycles. The number of aryl methyl sites for hydroxylation is 1. The van der Waals surface area contributed by atoms with Crippen LogP contribution in [0.2, 0.25) is 0 Å². The zero-order chi connectivity index (χ0) is 20.8. The molecule has 2 aromatic rings. The van der Waals surface area contributed by atoms with Gasteiger partial charge in [0.25, 0.3) is 0 Å². The minimum Gasteiger partial charge on any atom is -0.495 e. The van der Waals surface area contributed by atoms with Crippen molar-refractivity contribution in [1.29, 1.82) is 0 Å². The third-order valence-corrected chi connectivity index (χ3v) is 6.38. The number of anilines is 1. The van der Waals surface area contributed by atoms with Gasteiger partial charge in [-0.25, -0.2) is 0 Å². The number of hydrogen-bond donors (Lipinski definition) is 0. The van der Waals surface area contributed by atoms with Gasteiger partial charge in [0.1, 0.15) is 5.75 Å². The minimum absolute atomic E-state index is 0.282. The highest BCUT2D eigenvalue weighted by Crippen LogP contribution is 2.29. The van der Waals surface area contributed by atoms with Gasteiger partial charge in [0.15, 0.2) is 0 Å². The first-order valence-corrected chi connectivity index (χ1v) is 11.0. The Kier molecular flexibility index (Phi) is 6.84. The van der Waals surface area contributed by atoms with Crippen LogP contribution in [0.3, 0.4) is 0 Å². The fourth-order valence-corrected chi connectivity index (χ4v) is 4.66. The second-order valence-corrected chi connectivity index (χ2v) is 8.19. The molecule has 1 aromatic carbocycles. The fraction of sp³-hybridized carbons (Fsp3) is 0.500. The maximum Gasteiger partial charge on any atom is 0.222 e. The van der Waals surface area contributed by atoms with Crippen molar-refractivity contribution in [1.82, 2.24) is 14.8 Å². The highest BCUT2D eigenvalue weighted by atomic mass is 16.5. The first-order valence-electron chi connectivity index (χ1n) is 11.0. The van der Waals surface area contributed by atoms with Gasteiger partial charge in [-0.1, -0.05) is 12.1 Å². The molecule has 1 aromatic heterocycles. The van der Waals surface area contributed by atoms with Crippen LogP contribution in [0.25, 0.3) is 0 Å². The average Bonchev–Trinajstić information content (AvgIpc) is 2.83. The molecule has 2 saturated heterocycles. The van der Waals surface area contributed by atoms with Crippen molar-refractivity contribution in [2.45, 2.75) is 31.7 Å². The number of rotatable bonds is 6. The van der Waals surface area contributed by atoms with Crippen LogP contribution in [-0.2, 0) is 11.2 Å². The molecular formula is C24H32N4O2. The second kappa shape index (κ2) is 9.94. The Labute approximate surface area is 179 Å². The van der Waals surface area contributed by atoms with Crippen molar-refractivity contribution in [2.75, 3.05) is 51.3 Å². The third kappa shape index (κ3) is 4.93. The molecule has 0 radical (unpaired) electrons. The fourth-order valence-electron chi connectivity index (χ4n) is 4.66. The number of methoxy groups -OCH3 is 1. The SMILES string of the molecule is COc1ccccc1N1CCN(C2CCCN(C(=O)CCc3ccncc3)C2)CC1. The lowest BCUT2D eigenvalue weighted by Gasteiger charge is -2.44. The molecule has 0 N–H and O–H groups in total. The highest BCUT2D eigenvalue weighted by molar-refractivity contribution is 5.76. The van der Waals surface area contributed by atoms with Crippen LogP contribution in [0.4, 0.5) is 5.69 Å². The average molecular weight is 409 g/mol. The Hall–Kier alpha value is -2.60. The van der Waals surface area contributed by atoms with Crippen LogP contribution in [-0.4, -0.2) is 73.1 Å². The van der Waals surface area contributed by atoms with Crippen LogP contribution < -0.4 is 9.64 Å². The Morgan fingerprint density at radius 3 is 2.60 bits per heavy atom. The number of hydrogen-bond acceptors (Lipinski definition) is 5. The van der Waals surface area contributed by atoms with E-state index < -0.39 is 0 Å². The zero-order valence-corrected chi connectivity index (χ0v) is 17.9. The molecule has 6 nitrogen and oxygen atoms in total. The van der Waals surface area contributed by atoms with E-state index in [0.29, 0.717) is 12.5 Å². The molecule has 2 fully saturated rings. The highest BCUT2D eigenvalue weighted by Gasteiger charge is 2.30. The van der Waals surface area contributed by atoms with E-state index in [1.165, 1.54) is 17.7 Å². The smallest absolute Gasteiger partial charge is 0.222 e. The largest absolute Gasteiger partial charge is 0.495 e. The summed E-state index contributed by atoms with van der Waals surface area (Å²) in [5.74, 6) is 1.22. The van der Waals surface area contributed by atoms with Gasteiger partial charge >= 0.3 is 0 Å². The molecule has 0 bridgehead atoms. The van der Waals surface area contributed by atoms with Gasteiger partial charge < -0.3 is 14.5 Å². The van der Waals surface area contributed by atoms with Crippen molar-refractivity contribution in [3.05, 3.63) is 54.4 Å². The molecule has 1 amide bonds. The lowest BCUT2D eigenvalue weighted by Crippen LogP contribution is -2.56. The summed E-state index contributed by atoms with van der Waals surface area (Å²) in [6.45, 7) is 5.81. The number of para-hydroxylation sites is 2. The summed E-state index contributed by atoms with van der Waals surface area (Å²) in [4.78, 5) is 23.9. The molecule has 0 spiro atoms.